The molecule has 2 heterocycles. The van der Waals surface area contributed by atoms with Gasteiger partial charge in [-0.1, -0.05) is 53.5 Å². The molecule has 0 aliphatic carbocycles. The molecule has 3 aromatic rings. The van der Waals surface area contributed by atoms with Crippen LogP contribution in [0.1, 0.15) is 29.0 Å². The lowest BCUT2D eigenvalue weighted by atomic mass is 9.87. The van der Waals surface area contributed by atoms with E-state index in [9.17, 15) is 9.59 Å². The molecule has 8 heteroatoms. The number of hydrogen-bond donors (Lipinski definition) is 2. The topological polar surface area (TPSA) is 84.1 Å². The molecule has 4 rings (SSSR count). The van der Waals surface area contributed by atoms with E-state index in [1.807, 2.05) is 30.3 Å². The van der Waals surface area contributed by atoms with Gasteiger partial charge in [0.1, 0.15) is 18.2 Å². The summed E-state index contributed by atoms with van der Waals surface area (Å²) in [7, 11) is 0. The Morgan fingerprint density at radius 1 is 1.23 bits per heavy atom. The summed E-state index contributed by atoms with van der Waals surface area (Å²) in [4.78, 5) is 32.6. The van der Waals surface area contributed by atoms with Crippen LogP contribution in [-0.4, -0.2) is 22.5 Å². The standard InChI is InChI=1S/C23H18ClN3O3S/c1-2-10-30-17-8-6-15(7-9-17)18-12-19(28)25-21-20(18)22(29)27-23(26-21)31-13-14-4-3-5-16(24)11-14/h1,3-9,11,18H,10,12-13H2,(H2,25,26,27,28,29)/t18-/m1/s1. The van der Waals surface area contributed by atoms with Gasteiger partial charge in [0.2, 0.25) is 5.91 Å². The second-order valence-electron chi connectivity index (χ2n) is 6.92. The van der Waals surface area contributed by atoms with Crippen molar-refractivity contribution in [2.45, 2.75) is 23.2 Å². The van der Waals surface area contributed by atoms with Crippen molar-refractivity contribution in [2.24, 2.45) is 0 Å². The summed E-state index contributed by atoms with van der Waals surface area (Å²) >= 11 is 7.39. The summed E-state index contributed by atoms with van der Waals surface area (Å²) in [6, 6.07) is 14.7. The first-order valence-corrected chi connectivity index (χ1v) is 10.9. The van der Waals surface area contributed by atoms with Crippen molar-refractivity contribution in [1.29, 1.82) is 0 Å². The molecule has 31 heavy (non-hydrogen) atoms. The largest absolute Gasteiger partial charge is 0.481 e. The zero-order chi connectivity index (χ0) is 21.8. The second kappa shape index (κ2) is 9.29. The molecular weight excluding hydrogens is 434 g/mol. The van der Waals surface area contributed by atoms with Crippen LogP contribution in [0, 0.1) is 12.3 Å². The highest BCUT2D eigenvalue weighted by atomic mass is 35.5. The van der Waals surface area contributed by atoms with E-state index in [1.54, 1.807) is 18.2 Å². The Morgan fingerprint density at radius 3 is 2.77 bits per heavy atom. The van der Waals surface area contributed by atoms with Crippen LogP contribution in [0.25, 0.3) is 0 Å². The predicted molar refractivity (Wildman–Crippen MR) is 122 cm³/mol. The van der Waals surface area contributed by atoms with E-state index in [4.69, 9.17) is 22.8 Å². The molecule has 2 N–H and O–H groups in total. The first kappa shape index (κ1) is 21.0. The van der Waals surface area contributed by atoms with E-state index in [2.05, 4.69) is 21.2 Å². The van der Waals surface area contributed by atoms with Crippen molar-refractivity contribution in [1.82, 2.24) is 9.97 Å². The molecule has 0 radical (unpaired) electrons. The molecule has 6 nitrogen and oxygen atoms in total. The van der Waals surface area contributed by atoms with Gasteiger partial charge in [-0.25, -0.2) is 4.98 Å². The lowest BCUT2D eigenvalue weighted by Gasteiger charge is -2.24. The maximum atomic E-state index is 12.9. The van der Waals surface area contributed by atoms with Gasteiger partial charge in [0.05, 0.1) is 5.56 Å². The summed E-state index contributed by atoms with van der Waals surface area (Å²) < 4.78 is 5.39. The molecule has 156 valence electrons. The Kier molecular flexibility index (Phi) is 6.31. The summed E-state index contributed by atoms with van der Waals surface area (Å²) in [5.74, 6) is 3.34. The van der Waals surface area contributed by atoms with Gasteiger partial charge < -0.3 is 15.0 Å². The predicted octanol–water partition coefficient (Wildman–Crippen LogP) is 4.20. The Balaban J connectivity index is 1.59. The molecule has 1 atom stereocenters. The fourth-order valence-electron chi connectivity index (χ4n) is 3.40. The lowest BCUT2D eigenvalue weighted by Crippen LogP contribution is -2.31. The quantitative estimate of drug-likeness (QED) is 0.333. The summed E-state index contributed by atoms with van der Waals surface area (Å²) in [6.45, 7) is 0.174. The van der Waals surface area contributed by atoms with Crippen molar-refractivity contribution >= 4 is 35.1 Å². The van der Waals surface area contributed by atoms with Crippen LogP contribution in [0.5, 0.6) is 5.75 Å². The fraction of sp³-hybridized carbons (Fsp3) is 0.174. The van der Waals surface area contributed by atoms with Crippen molar-refractivity contribution in [3.8, 4) is 18.1 Å². The van der Waals surface area contributed by atoms with Crippen LogP contribution in [-0.2, 0) is 10.5 Å². The summed E-state index contributed by atoms with van der Waals surface area (Å²) in [6.07, 6.45) is 5.37. The molecule has 0 fully saturated rings. The Bertz CT molecular complexity index is 1220. The van der Waals surface area contributed by atoms with Crippen LogP contribution in [0.15, 0.2) is 58.5 Å². The number of carbonyl (C=O) groups is 1. The molecule has 1 aromatic heterocycles. The Labute approximate surface area is 188 Å². The van der Waals surface area contributed by atoms with Gasteiger partial charge in [0.25, 0.3) is 5.56 Å². The zero-order valence-corrected chi connectivity index (χ0v) is 17.9. The molecule has 0 spiro atoms. The molecule has 0 saturated heterocycles. The van der Waals surface area contributed by atoms with E-state index < -0.39 is 5.92 Å². The van der Waals surface area contributed by atoms with E-state index in [-0.39, 0.29) is 24.5 Å². The smallest absolute Gasteiger partial charge is 0.257 e. The SMILES string of the molecule is C#CCOc1ccc([C@H]2CC(=O)Nc3nc(SCc4cccc(Cl)c4)[nH]c(=O)c32)cc1. The van der Waals surface area contributed by atoms with Gasteiger partial charge in [0, 0.05) is 23.1 Å². The number of hydrogen-bond acceptors (Lipinski definition) is 5. The molecule has 1 amide bonds. The first-order chi connectivity index (χ1) is 15.0. The minimum Gasteiger partial charge on any atom is -0.481 e. The number of fused-ring (bicyclic) bond motifs is 1. The highest BCUT2D eigenvalue weighted by Gasteiger charge is 2.31. The van der Waals surface area contributed by atoms with E-state index >= 15 is 0 Å². The maximum Gasteiger partial charge on any atom is 0.257 e. The molecule has 1 aliphatic rings. The number of nitrogens with zero attached hydrogens (tertiary/aromatic N) is 1. The van der Waals surface area contributed by atoms with E-state index in [0.717, 1.165) is 11.1 Å². The summed E-state index contributed by atoms with van der Waals surface area (Å²) in [5.41, 5.74) is 2.02. The minimum absolute atomic E-state index is 0.164. The monoisotopic (exact) mass is 451 g/mol. The van der Waals surface area contributed by atoms with Crippen LogP contribution in [0.4, 0.5) is 5.82 Å². The number of benzene rings is 2. The number of rotatable bonds is 6. The van der Waals surface area contributed by atoms with Crippen LogP contribution in [0.2, 0.25) is 5.02 Å². The van der Waals surface area contributed by atoms with Crippen molar-refractivity contribution in [3.05, 3.63) is 80.6 Å². The van der Waals surface area contributed by atoms with Crippen molar-refractivity contribution < 1.29 is 9.53 Å². The van der Waals surface area contributed by atoms with Gasteiger partial charge in [-0.05, 0) is 35.4 Å². The number of nitrogens with one attached hydrogen (secondary N) is 2. The van der Waals surface area contributed by atoms with Gasteiger partial charge in [0.15, 0.2) is 5.16 Å². The normalized spacial score (nSPS) is 15.0. The molecular formula is C23H18ClN3O3S. The van der Waals surface area contributed by atoms with Crippen LogP contribution < -0.4 is 15.6 Å². The number of aromatic amines is 1. The van der Waals surface area contributed by atoms with Crippen molar-refractivity contribution in [2.75, 3.05) is 11.9 Å². The third kappa shape index (κ3) is 4.93. The second-order valence-corrected chi connectivity index (χ2v) is 8.32. The average Bonchev–Trinajstić information content (AvgIpc) is 2.76. The van der Waals surface area contributed by atoms with Gasteiger partial charge >= 0.3 is 0 Å². The molecule has 2 aromatic carbocycles. The number of halogens is 1. The molecule has 0 bridgehead atoms. The number of ether oxygens (including phenoxy) is 1. The van der Waals surface area contributed by atoms with Gasteiger partial charge in [-0.2, -0.15) is 0 Å². The van der Waals surface area contributed by atoms with Crippen molar-refractivity contribution in [3.63, 3.8) is 0 Å². The third-order valence-electron chi connectivity index (χ3n) is 4.80. The highest BCUT2D eigenvalue weighted by Crippen LogP contribution is 2.35. The third-order valence-corrected chi connectivity index (χ3v) is 5.98. The number of thioether (sulfide) groups is 1. The van der Waals surface area contributed by atoms with Gasteiger partial charge in [-0.3, -0.25) is 9.59 Å². The number of terminal acetylenes is 1. The zero-order valence-electron chi connectivity index (χ0n) is 16.4. The number of carbonyl (C=O) groups excluding carboxylic acids is 1. The Hall–Kier alpha value is -3.21. The minimum atomic E-state index is -0.395. The van der Waals surface area contributed by atoms with E-state index in [0.29, 0.717) is 33.1 Å². The van der Waals surface area contributed by atoms with Crippen LogP contribution >= 0.6 is 23.4 Å². The fourth-order valence-corrected chi connectivity index (χ4v) is 4.42. The number of anilines is 1. The van der Waals surface area contributed by atoms with Gasteiger partial charge in [-0.15, -0.1) is 6.42 Å². The molecule has 0 saturated carbocycles. The van der Waals surface area contributed by atoms with E-state index in [1.165, 1.54) is 11.8 Å². The highest BCUT2D eigenvalue weighted by molar-refractivity contribution is 7.98. The number of amides is 1. The lowest BCUT2D eigenvalue weighted by molar-refractivity contribution is -0.116. The first-order valence-electron chi connectivity index (χ1n) is 9.51. The maximum absolute atomic E-state index is 12.9. The molecule has 1 aliphatic heterocycles. The summed E-state index contributed by atoms with van der Waals surface area (Å²) in [5, 5.41) is 3.82. The number of H-pyrrole nitrogens is 1. The Morgan fingerprint density at radius 2 is 2.03 bits per heavy atom. The van der Waals surface area contributed by atoms with Crippen LogP contribution in [0.3, 0.4) is 0 Å². The number of aromatic nitrogens is 2. The molecule has 0 unspecified atom stereocenters. The average molecular weight is 452 g/mol.